The number of aliphatic hydroxyl groups excluding tert-OH is 1. The molecule has 2 heterocycles. The Balaban J connectivity index is 1.97. The van der Waals surface area contributed by atoms with Crippen LogP contribution in [-0.4, -0.2) is 73.3 Å². The summed E-state index contributed by atoms with van der Waals surface area (Å²) in [4.78, 5) is 45.0. The van der Waals surface area contributed by atoms with Crippen molar-refractivity contribution in [1.82, 2.24) is 9.80 Å². The van der Waals surface area contributed by atoms with E-state index in [1.54, 1.807) is 55.6 Å². The van der Waals surface area contributed by atoms with E-state index >= 15 is 0 Å². The molecule has 0 radical (unpaired) electrons. The van der Waals surface area contributed by atoms with Crippen LogP contribution in [0.5, 0.6) is 5.75 Å². The summed E-state index contributed by atoms with van der Waals surface area (Å²) >= 11 is 0. The van der Waals surface area contributed by atoms with Crippen LogP contribution < -0.4 is 9.64 Å². The Morgan fingerprint density at radius 3 is 2.36 bits per heavy atom. The van der Waals surface area contributed by atoms with E-state index in [2.05, 4.69) is 0 Å². The van der Waals surface area contributed by atoms with Crippen LogP contribution in [0, 0.1) is 0 Å². The zero-order chi connectivity index (χ0) is 23.9. The maximum atomic E-state index is 13.8. The van der Waals surface area contributed by atoms with Gasteiger partial charge in [-0.15, -0.1) is 0 Å². The lowest BCUT2D eigenvalue weighted by molar-refractivity contribution is -0.143. The van der Waals surface area contributed by atoms with Gasteiger partial charge in [0.05, 0.1) is 12.2 Å². The minimum atomic E-state index is -1.72. The molecular weight excluding hydrogens is 422 g/mol. The van der Waals surface area contributed by atoms with Gasteiger partial charge in [-0.3, -0.25) is 14.4 Å². The molecule has 1 spiro atoms. The summed E-state index contributed by atoms with van der Waals surface area (Å²) < 4.78 is 5.45. The number of likely N-dealkylation sites (N-methyl/N-ethyl adjacent to an activating group) is 2. The predicted molar refractivity (Wildman–Crippen MR) is 124 cm³/mol. The minimum absolute atomic E-state index is 0.144. The molecule has 2 aromatic carbocycles. The standard InChI is InChI=1S/C25H27N3O5/c1-5-33-17-12-10-16(11-13-17)21(29)20-22(30)23(31)28(15-14-26(2)3)25(20)18-8-6-7-9-19(18)27(4)24(25)32/h6-13,29H,5,14-15H2,1-4H3/t25-/m0/s1. The second-order valence-electron chi connectivity index (χ2n) is 8.36. The smallest absolute Gasteiger partial charge is 0.296 e. The van der Waals surface area contributed by atoms with E-state index in [9.17, 15) is 19.5 Å². The number of carbonyl (C=O) groups excluding carboxylic acids is 3. The van der Waals surface area contributed by atoms with Crippen molar-refractivity contribution in [3.8, 4) is 5.75 Å². The molecule has 0 saturated carbocycles. The molecule has 2 aliphatic heterocycles. The predicted octanol–water partition coefficient (Wildman–Crippen LogP) is 2.20. The van der Waals surface area contributed by atoms with Crippen LogP contribution >= 0.6 is 0 Å². The molecule has 8 heteroatoms. The first-order valence-electron chi connectivity index (χ1n) is 10.8. The van der Waals surface area contributed by atoms with Crippen LogP contribution in [-0.2, 0) is 19.9 Å². The van der Waals surface area contributed by atoms with E-state index in [1.807, 2.05) is 25.9 Å². The molecule has 1 N–H and O–H groups in total. The summed E-state index contributed by atoms with van der Waals surface area (Å²) in [6.07, 6.45) is 0. The fourth-order valence-corrected chi connectivity index (χ4v) is 4.59. The molecule has 33 heavy (non-hydrogen) atoms. The highest BCUT2D eigenvalue weighted by molar-refractivity contribution is 6.50. The molecule has 1 saturated heterocycles. The summed E-state index contributed by atoms with van der Waals surface area (Å²) in [5.41, 5.74) is -0.515. The molecule has 8 nitrogen and oxygen atoms in total. The van der Waals surface area contributed by atoms with Crippen molar-refractivity contribution in [2.45, 2.75) is 12.5 Å². The number of para-hydroxylation sites is 1. The highest BCUT2D eigenvalue weighted by Gasteiger charge is 2.66. The van der Waals surface area contributed by atoms with Crippen LogP contribution in [0.2, 0.25) is 0 Å². The number of benzene rings is 2. The van der Waals surface area contributed by atoms with Crippen molar-refractivity contribution in [3.05, 3.63) is 65.2 Å². The zero-order valence-electron chi connectivity index (χ0n) is 19.2. The van der Waals surface area contributed by atoms with Crippen LogP contribution in [0.25, 0.3) is 5.76 Å². The van der Waals surface area contributed by atoms with Crippen LogP contribution in [0.3, 0.4) is 0 Å². The lowest BCUT2D eigenvalue weighted by Gasteiger charge is -2.34. The Kier molecular flexibility index (Phi) is 5.71. The quantitative estimate of drug-likeness (QED) is 0.413. The number of rotatable bonds is 6. The fourth-order valence-electron chi connectivity index (χ4n) is 4.59. The lowest BCUT2D eigenvalue weighted by atomic mass is 9.82. The molecule has 1 fully saturated rings. The highest BCUT2D eigenvalue weighted by Crippen LogP contribution is 2.53. The van der Waals surface area contributed by atoms with Crippen molar-refractivity contribution < 1.29 is 24.2 Å². The topological polar surface area (TPSA) is 90.4 Å². The molecule has 0 unspecified atom stereocenters. The molecule has 1 atom stereocenters. The van der Waals surface area contributed by atoms with Crippen LogP contribution in [0.15, 0.2) is 54.1 Å². The molecule has 2 aromatic rings. The van der Waals surface area contributed by atoms with Gasteiger partial charge in [0.2, 0.25) is 0 Å². The zero-order valence-corrected chi connectivity index (χ0v) is 19.2. The van der Waals surface area contributed by atoms with E-state index in [0.717, 1.165) is 0 Å². The SMILES string of the molecule is CCOc1ccc(C(O)=C2C(=O)C(=O)N(CCN(C)C)[C@]23C(=O)N(C)c2ccccc23)cc1. The first kappa shape index (κ1) is 22.5. The van der Waals surface area contributed by atoms with Gasteiger partial charge in [-0.2, -0.15) is 0 Å². The van der Waals surface area contributed by atoms with Gasteiger partial charge in [0.25, 0.3) is 17.6 Å². The van der Waals surface area contributed by atoms with E-state index in [-0.39, 0.29) is 17.9 Å². The Hall–Kier alpha value is -3.65. The summed E-state index contributed by atoms with van der Waals surface area (Å²) in [5.74, 6) is -1.91. The third kappa shape index (κ3) is 3.29. The number of hydrogen-bond acceptors (Lipinski definition) is 6. The van der Waals surface area contributed by atoms with Gasteiger partial charge >= 0.3 is 0 Å². The van der Waals surface area contributed by atoms with E-state index in [0.29, 0.717) is 35.7 Å². The average Bonchev–Trinajstić information content (AvgIpc) is 3.16. The number of nitrogens with zero attached hydrogens (tertiary/aromatic N) is 3. The molecule has 2 amide bonds. The number of carbonyl (C=O) groups is 3. The minimum Gasteiger partial charge on any atom is -0.507 e. The number of ether oxygens (including phenoxy) is 1. The van der Waals surface area contributed by atoms with Gasteiger partial charge in [0.15, 0.2) is 5.54 Å². The van der Waals surface area contributed by atoms with Gasteiger partial charge in [0, 0.05) is 37.0 Å². The number of aliphatic hydroxyl groups is 1. The fraction of sp³-hybridized carbons (Fsp3) is 0.320. The number of anilines is 1. The number of likely N-dealkylation sites (tertiary alicyclic amines) is 1. The second-order valence-corrected chi connectivity index (χ2v) is 8.36. The van der Waals surface area contributed by atoms with Gasteiger partial charge in [-0.05, 0) is 51.4 Å². The lowest BCUT2D eigenvalue weighted by Crippen LogP contribution is -2.52. The first-order chi connectivity index (χ1) is 15.7. The highest BCUT2D eigenvalue weighted by atomic mass is 16.5. The normalized spacial score (nSPS) is 21.4. The number of fused-ring (bicyclic) bond motifs is 2. The van der Waals surface area contributed by atoms with E-state index < -0.39 is 23.1 Å². The van der Waals surface area contributed by atoms with Crippen molar-refractivity contribution in [2.75, 3.05) is 45.7 Å². The maximum Gasteiger partial charge on any atom is 0.296 e. The number of Topliss-reactive ketones (excluding diaryl/α,β-unsaturated/α-hetero) is 1. The Morgan fingerprint density at radius 2 is 1.73 bits per heavy atom. The first-order valence-corrected chi connectivity index (χ1v) is 10.8. The molecule has 0 aliphatic carbocycles. The van der Waals surface area contributed by atoms with Gasteiger partial charge in [0.1, 0.15) is 11.5 Å². The number of ketones is 1. The van der Waals surface area contributed by atoms with Gasteiger partial charge in [-0.1, -0.05) is 18.2 Å². The molecule has 172 valence electrons. The third-order valence-corrected chi connectivity index (χ3v) is 6.15. The summed E-state index contributed by atoms with van der Waals surface area (Å²) in [7, 11) is 5.30. The van der Waals surface area contributed by atoms with Crippen molar-refractivity contribution >= 4 is 29.0 Å². The monoisotopic (exact) mass is 449 g/mol. The Bertz CT molecular complexity index is 1150. The summed E-state index contributed by atoms with van der Waals surface area (Å²) in [6.45, 7) is 2.94. The third-order valence-electron chi connectivity index (χ3n) is 6.15. The van der Waals surface area contributed by atoms with Gasteiger partial charge in [-0.25, -0.2) is 0 Å². The number of amides is 2. The Morgan fingerprint density at radius 1 is 1.06 bits per heavy atom. The van der Waals surface area contributed by atoms with Crippen LogP contribution in [0.1, 0.15) is 18.1 Å². The molecule has 0 bridgehead atoms. The van der Waals surface area contributed by atoms with Gasteiger partial charge < -0.3 is 24.5 Å². The second kappa shape index (κ2) is 8.37. The number of hydrogen-bond donors (Lipinski definition) is 1. The largest absolute Gasteiger partial charge is 0.507 e. The van der Waals surface area contributed by atoms with Crippen LogP contribution in [0.4, 0.5) is 5.69 Å². The van der Waals surface area contributed by atoms with E-state index in [4.69, 9.17) is 4.74 Å². The summed E-state index contributed by atoms with van der Waals surface area (Å²) in [5, 5.41) is 11.3. The Labute approximate surface area is 192 Å². The molecule has 4 rings (SSSR count). The molecule has 0 aromatic heterocycles. The maximum absolute atomic E-state index is 13.8. The summed E-state index contributed by atoms with van der Waals surface area (Å²) in [6, 6.07) is 13.6. The molecular formula is C25H27N3O5. The van der Waals surface area contributed by atoms with E-state index in [1.165, 1.54) is 9.80 Å². The average molecular weight is 450 g/mol. The van der Waals surface area contributed by atoms with Crippen molar-refractivity contribution in [2.24, 2.45) is 0 Å². The van der Waals surface area contributed by atoms with Crippen molar-refractivity contribution in [3.63, 3.8) is 0 Å². The molecule has 2 aliphatic rings. The van der Waals surface area contributed by atoms with Crippen molar-refractivity contribution in [1.29, 1.82) is 0 Å².